The molecule has 0 bridgehead atoms. The second kappa shape index (κ2) is 8.47. The lowest BCUT2D eigenvalue weighted by atomic mass is 10.1. The Kier molecular flexibility index (Phi) is 5.33. The zero-order valence-corrected chi connectivity index (χ0v) is 18.6. The molecule has 0 aliphatic carbocycles. The maximum absolute atomic E-state index is 13.2. The van der Waals surface area contributed by atoms with E-state index >= 15 is 0 Å². The molecular formula is C24H22N6O4. The lowest BCUT2D eigenvalue weighted by Gasteiger charge is -2.16. The Labute approximate surface area is 194 Å². The number of H-pyrrole nitrogens is 1. The van der Waals surface area contributed by atoms with Gasteiger partial charge in [0.05, 0.1) is 12.2 Å². The molecule has 1 saturated heterocycles. The van der Waals surface area contributed by atoms with Gasteiger partial charge < -0.3 is 14.6 Å². The first kappa shape index (κ1) is 21.4. The van der Waals surface area contributed by atoms with Gasteiger partial charge in [0.1, 0.15) is 11.5 Å². The average molecular weight is 458 g/mol. The number of anilines is 2. The van der Waals surface area contributed by atoms with Crippen LogP contribution in [0.15, 0.2) is 64.0 Å². The fourth-order valence-corrected chi connectivity index (χ4v) is 3.88. The van der Waals surface area contributed by atoms with Crippen molar-refractivity contribution < 1.29 is 14.0 Å². The Morgan fingerprint density at radius 2 is 1.94 bits per heavy atom. The van der Waals surface area contributed by atoms with Gasteiger partial charge >= 0.3 is 0 Å². The molecule has 1 atom stereocenters. The number of hydrogen-bond donors (Lipinski definition) is 2. The molecule has 0 saturated carbocycles. The molecule has 2 amide bonds. The van der Waals surface area contributed by atoms with Gasteiger partial charge in [0.2, 0.25) is 17.8 Å². The number of aromatic nitrogens is 4. The topological polar surface area (TPSA) is 126 Å². The zero-order valence-electron chi connectivity index (χ0n) is 18.6. The molecular weight excluding hydrogens is 436 g/mol. The van der Waals surface area contributed by atoms with Gasteiger partial charge in [-0.05, 0) is 38.1 Å². The normalized spacial score (nSPS) is 15.6. The van der Waals surface area contributed by atoms with Crippen LogP contribution in [0, 0.1) is 19.8 Å². The summed E-state index contributed by atoms with van der Waals surface area (Å²) in [7, 11) is 0. The highest BCUT2D eigenvalue weighted by Crippen LogP contribution is 2.28. The highest BCUT2D eigenvalue weighted by Gasteiger charge is 2.35. The van der Waals surface area contributed by atoms with Gasteiger partial charge in [-0.1, -0.05) is 18.2 Å². The van der Waals surface area contributed by atoms with E-state index in [2.05, 4.69) is 20.4 Å². The van der Waals surface area contributed by atoms with E-state index < -0.39 is 5.92 Å². The van der Waals surface area contributed by atoms with Gasteiger partial charge in [-0.25, -0.2) is 4.98 Å². The molecule has 1 aliphatic heterocycles. The SMILES string of the molecule is Cc1nc(-n2nc(-c3ccco3)cc2NC(=O)C2CC(=O)N(c3ccccc3)C2)[nH]c(=O)c1C. The number of nitrogens with zero attached hydrogens (tertiary/aromatic N) is 4. The summed E-state index contributed by atoms with van der Waals surface area (Å²) in [5.41, 5.74) is 1.96. The third-order valence-electron chi connectivity index (χ3n) is 5.88. The van der Waals surface area contributed by atoms with E-state index in [1.807, 2.05) is 30.3 Å². The Bertz CT molecular complexity index is 1420. The second-order valence-corrected chi connectivity index (χ2v) is 8.13. The summed E-state index contributed by atoms with van der Waals surface area (Å²) in [4.78, 5) is 46.8. The van der Waals surface area contributed by atoms with Gasteiger partial charge in [0.25, 0.3) is 5.56 Å². The largest absolute Gasteiger partial charge is 0.463 e. The third-order valence-corrected chi connectivity index (χ3v) is 5.88. The van der Waals surface area contributed by atoms with Crippen molar-refractivity contribution in [2.45, 2.75) is 20.3 Å². The lowest BCUT2D eigenvalue weighted by molar-refractivity contribution is -0.122. The number of benzene rings is 1. The van der Waals surface area contributed by atoms with Gasteiger partial charge in [-0.2, -0.15) is 9.78 Å². The first-order valence-electron chi connectivity index (χ1n) is 10.8. The molecule has 10 heteroatoms. The average Bonchev–Trinajstić information content (AvgIpc) is 3.57. The highest BCUT2D eigenvalue weighted by molar-refractivity contribution is 6.03. The van der Waals surface area contributed by atoms with Crippen LogP contribution >= 0.6 is 0 Å². The van der Waals surface area contributed by atoms with Crippen molar-refractivity contribution in [3.05, 3.63) is 76.4 Å². The molecule has 5 rings (SSSR count). The van der Waals surface area contributed by atoms with Crippen LogP contribution in [0.4, 0.5) is 11.5 Å². The molecule has 1 aromatic carbocycles. The number of aromatic amines is 1. The molecule has 34 heavy (non-hydrogen) atoms. The molecule has 1 aliphatic rings. The van der Waals surface area contributed by atoms with Crippen LogP contribution in [-0.4, -0.2) is 38.1 Å². The second-order valence-electron chi connectivity index (χ2n) is 8.13. The minimum atomic E-state index is -0.546. The number of nitrogens with one attached hydrogen (secondary N) is 2. The van der Waals surface area contributed by atoms with Crippen LogP contribution in [0.1, 0.15) is 17.7 Å². The fraction of sp³-hybridized carbons (Fsp3) is 0.208. The van der Waals surface area contributed by atoms with Gasteiger partial charge in [0.15, 0.2) is 5.76 Å². The van der Waals surface area contributed by atoms with Gasteiger partial charge in [-0.3, -0.25) is 19.4 Å². The molecule has 3 aromatic heterocycles. The maximum Gasteiger partial charge on any atom is 0.255 e. The Morgan fingerprint density at radius 3 is 2.65 bits per heavy atom. The van der Waals surface area contributed by atoms with Crippen molar-refractivity contribution in [3.63, 3.8) is 0 Å². The lowest BCUT2D eigenvalue weighted by Crippen LogP contribution is -2.29. The number of amides is 2. The summed E-state index contributed by atoms with van der Waals surface area (Å²) in [6.07, 6.45) is 1.61. The maximum atomic E-state index is 13.2. The van der Waals surface area contributed by atoms with Crippen LogP contribution < -0.4 is 15.8 Å². The Morgan fingerprint density at radius 1 is 1.15 bits per heavy atom. The van der Waals surface area contributed by atoms with Crippen molar-refractivity contribution in [1.82, 2.24) is 19.7 Å². The molecule has 1 fully saturated rings. The predicted molar refractivity (Wildman–Crippen MR) is 125 cm³/mol. The summed E-state index contributed by atoms with van der Waals surface area (Å²) in [6, 6.07) is 14.3. The standard InChI is InChI=1S/C24H22N6O4/c1-14-15(2)25-24(27-22(14)32)30-20(12-18(28-30)19-9-6-10-34-19)26-23(33)16-11-21(31)29(13-16)17-7-4-3-5-8-17/h3-10,12,16H,11,13H2,1-2H3,(H,26,33)(H,25,27,32). The van der Waals surface area contributed by atoms with Crippen LogP contribution in [-0.2, 0) is 9.59 Å². The highest BCUT2D eigenvalue weighted by atomic mass is 16.3. The number of carbonyl (C=O) groups excluding carboxylic acids is 2. The van der Waals surface area contributed by atoms with Crippen LogP contribution in [0.25, 0.3) is 17.4 Å². The Hall–Kier alpha value is -4.47. The van der Waals surface area contributed by atoms with Crippen molar-refractivity contribution in [1.29, 1.82) is 0 Å². The number of para-hydroxylation sites is 1. The summed E-state index contributed by atoms with van der Waals surface area (Å²) in [5, 5.41) is 7.35. The number of carbonyl (C=O) groups is 2. The molecule has 0 spiro atoms. The molecule has 10 nitrogen and oxygen atoms in total. The molecule has 4 heterocycles. The van der Waals surface area contributed by atoms with Crippen molar-refractivity contribution >= 4 is 23.3 Å². The van der Waals surface area contributed by atoms with E-state index in [4.69, 9.17) is 4.42 Å². The molecule has 4 aromatic rings. The molecule has 0 radical (unpaired) electrons. The summed E-state index contributed by atoms with van der Waals surface area (Å²) >= 11 is 0. The summed E-state index contributed by atoms with van der Waals surface area (Å²) in [6.45, 7) is 3.68. The van der Waals surface area contributed by atoms with E-state index in [9.17, 15) is 14.4 Å². The molecule has 172 valence electrons. The van der Waals surface area contributed by atoms with E-state index in [1.54, 1.807) is 36.9 Å². The van der Waals surface area contributed by atoms with E-state index in [1.165, 1.54) is 10.9 Å². The predicted octanol–water partition coefficient (Wildman–Crippen LogP) is 2.82. The summed E-state index contributed by atoms with van der Waals surface area (Å²) < 4.78 is 6.80. The van der Waals surface area contributed by atoms with Gasteiger partial charge in [-0.15, -0.1) is 0 Å². The van der Waals surface area contributed by atoms with Crippen LogP contribution in [0.2, 0.25) is 0 Å². The minimum absolute atomic E-state index is 0.0959. The number of hydrogen-bond acceptors (Lipinski definition) is 6. The number of furan rings is 1. The Balaban J connectivity index is 1.46. The fourth-order valence-electron chi connectivity index (χ4n) is 3.88. The van der Waals surface area contributed by atoms with Crippen LogP contribution in [0.5, 0.6) is 0 Å². The minimum Gasteiger partial charge on any atom is -0.463 e. The first-order chi connectivity index (χ1) is 16.4. The van der Waals surface area contributed by atoms with E-state index in [0.29, 0.717) is 28.5 Å². The monoisotopic (exact) mass is 458 g/mol. The van der Waals surface area contributed by atoms with Crippen molar-refractivity contribution in [2.75, 3.05) is 16.8 Å². The molecule has 2 N–H and O–H groups in total. The van der Waals surface area contributed by atoms with Crippen molar-refractivity contribution in [3.8, 4) is 17.4 Å². The van der Waals surface area contributed by atoms with Gasteiger partial charge in [0, 0.05) is 36.0 Å². The summed E-state index contributed by atoms with van der Waals surface area (Å²) in [5.74, 6) is -0.0361. The number of rotatable bonds is 5. The quantitative estimate of drug-likeness (QED) is 0.474. The first-order valence-corrected chi connectivity index (χ1v) is 10.8. The smallest absolute Gasteiger partial charge is 0.255 e. The van der Waals surface area contributed by atoms with Crippen molar-refractivity contribution in [2.24, 2.45) is 5.92 Å². The van der Waals surface area contributed by atoms with Crippen LogP contribution in [0.3, 0.4) is 0 Å². The number of aryl methyl sites for hydroxylation is 1. The zero-order chi connectivity index (χ0) is 23.8. The molecule has 1 unspecified atom stereocenters. The van der Waals surface area contributed by atoms with E-state index in [0.717, 1.165) is 5.69 Å². The van der Waals surface area contributed by atoms with E-state index in [-0.39, 0.29) is 36.3 Å². The third kappa shape index (κ3) is 3.90.